The van der Waals surface area contributed by atoms with Gasteiger partial charge in [0.25, 0.3) is 0 Å². The Hall–Kier alpha value is -1.09. The SMILES string of the molecule is CC(C)Oc1ncccc1[C@@H](C)N. The predicted octanol–water partition coefficient (Wildman–Crippen LogP) is 1.89. The molecule has 1 aromatic rings. The normalized spacial score (nSPS) is 13.0. The molecular formula is C10H16N2O. The average molecular weight is 180 g/mol. The summed E-state index contributed by atoms with van der Waals surface area (Å²) < 4.78 is 5.52. The van der Waals surface area contributed by atoms with Crippen LogP contribution in [-0.4, -0.2) is 11.1 Å². The summed E-state index contributed by atoms with van der Waals surface area (Å²) in [5, 5.41) is 0. The topological polar surface area (TPSA) is 48.1 Å². The Kier molecular flexibility index (Phi) is 3.25. The largest absolute Gasteiger partial charge is 0.475 e. The maximum absolute atomic E-state index is 5.77. The van der Waals surface area contributed by atoms with Crippen LogP contribution < -0.4 is 10.5 Å². The number of pyridine rings is 1. The van der Waals surface area contributed by atoms with Gasteiger partial charge in [-0.3, -0.25) is 0 Å². The third-order valence-electron chi connectivity index (χ3n) is 1.64. The van der Waals surface area contributed by atoms with Crippen LogP contribution in [0, 0.1) is 0 Å². The van der Waals surface area contributed by atoms with Gasteiger partial charge in [0.1, 0.15) is 0 Å². The number of nitrogens with zero attached hydrogens (tertiary/aromatic N) is 1. The zero-order valence-electron chi connectivity index (χ0n) is 8.32. The van der Waals surface area contributed by atoms with E-state index in [1.807, 2.05) is 32.9 Å². The molecule has 0 radical (unpaired) electrons. The van der Waals surface area contributed by atoms with Crippen LogP contribution in [0.15, 0.2) is 18.3 Å². The molecule has 1 aromatic heterocycles. The fourth-order valence-electron chi connectivity index (χ4n) is 1.07. The highest BCUT2D eigenvalue weighted by Crippen LogP contribution is 2.20. The molecule has 0 saturated carbocycles. The van der Waals surface area contributed by atoms with Crippen LogP contribution in [-0.2, 0) is 0 Å². The summed E-state index contributed by atoms with van der Waals surface area (Å²) in [5.74, 6) is 0.646. The second kappa shape index (κ2) is 4.23. The van der Waals surface area contributed by atoms with E-state index in [9.17, 15) is 0 Å². The van der Waals surface area contributed by atoms with Gasteiger partial charge >= 0.3 is 0 Å². The first-order valence-electron chi connectivity index (χ1n) is 4.48. The fraction of sp³-hybridized carbons (Fsp3) is 0.500. The Morgan fingerprint density at radius 2 is 2.08 bits per heavy atom. The monoisotopic (exact) mass is 180 g/mol. The van der Waals surface area contributed by atoms with Gasteiger partial charge in [-0.2, -0.15) is 0 Å². The van der Waals surface area contributed by atoms with E-state index in [0.717, 1.165) is 5.56 Å². The van der Waals surface area contributed by atoms with Crippen molar-refractivity contribution in [1.29, 1.82) is 0 Å². The van der Waals surface area contributed by atoms with E-state index in [-0.39, 0.29) is 12.1 Å². The van der Waals surface area contributed by atoms with Crippen LogP contribution in [0.25, 0.3) is 0 Å². The second-order valence-electron chi connectivity index (χ2n) is 3.35. The van der Waals surface area contributed by atoms with E-state index in [1.165, 1.54) is 0 Å². The molecule has 0 aromatic carbocycles. The Balaban J connectivity index is 2.91. The Morgan fingerprint density at radius 3 is 2.62 bits per heavy atom. The van der Waals surface area contributed by atoms with Crippen LogP contribution in [0.2, 0.25) is 0 Å². The summed E-state index contributed by atoms with van der Waals surface area (Å²) in [5.41, 5.74) is 6.73. The van der Waals surface area contributed by atoms with Crippen LogP contribution in [0.5, 0.6) is 5.88 Å². The molecule has 0 bridgehead atoms. The van der Waals surface area contributed by atoms with Gasteiger partial charge in [-0.05, 0) is 26.8 Å². The fourth-order valence-corrected chi connectivity index (χ4v) is 1.07. The van der Waals surface area contributed by atoms with Gasteiger partial charge in [-0.25, -0.2) is 4.98 Å². The zero-order chi connectivity index (χ0) is 9.84. The minimum Gasteiger partial charge on any atom is -0.475 e. The lowest BCUT2D eigenvalue weighted by molar-refractivity contribution is 0.229. The Bertz CT molecular complexity index is 271. The van der Waals surface area contributed by atoms with Crippen LogP contribution in [0.1, 0.15) is 32.4 Å². The molecule has 1 heterocycles. The summed E-state index contributed by atoms with van der Waals surface area (Å²) in [4.78, 5) is 4.14. The lowest BCUT2D eigenvalue weighted by Gasteiger charge is -2.14. The van der Waals surface area contributed by atoms with Crippen LogP contribution in [0.3, 0.4) is 0 Å². The van der Waals surface area contributed by atoms with Crippen molar-refractivity contribution < 1.29 is 4.74 Å². The van der Waals surface area contributed by atoms with Gasteiger partial charge in [0.2, 0.25) is 5.88 Å². The van der Waals surface area contributed by atoms with Crippen LogP contribution in [0.4, 0.5) is 0 Å². The molecule has 1 rings (SSSR count). The number of nitrogens with two attached hydrogens (primary N) is 1. The van der Waals surface area contributed by atoms with Crippen molar-refractivity contribution in [3.63, 3.8) is 0 Å². The van der Waals surface area contributed by atoms with Crippen molar-refractivity contribution >= 4 is 0 Å². The Labute approximate surface area is 78.9 Å². The minimum absolute atomic E-state index is 0.0394. The maximum atomic E-state index is 5.77. The molecule has 0 amide bonds. The van der Waals surface area contributed by atoms with Crippen molar-refractivity contribution in [2.24, 2.45) is 5.73 Å². The van der Waals surface area contributed by atoms with E-state index < -0.39 is 0 Å². The lowest BCUT2D eigenvalue weighted by atomic mass is 10.1. The molecule has 0 aliphatic rings. The maximum Gasteiger partial charge on any atom is 0.218 e. The number of rotatable bonds is 3. The van der Waals surface area contributed by atoms with Gasteiger partial charge in [0.15, 0.2) is 0 Å². The predicted molar refractivity (Wildman–Crippen MR) is 52.6 cm³/mol. The summed E-state index contributed by atoms with van der Waals surface area (Å²) in [6, 6.07) is 3.77. The quantitative estimate of drug-likeness (QED) is 0.772. The third-order valence-corrected chi connectivity index (χ3v) is 1.64. The van der Waals surface area contributed by atoms with E-state index in [0.29, 0.717) is 5.88 Å². The first kappa shape index (κ1) is 9.99. The van der Waals surface area contributed by atoms with Crippen molar-refractivity contribution in [2.75, 3.05) is 0 Å². The average Bonchev–Trinajstić information content (AvgIpc) is 2.03. The van der Waals surface area contributed by atoms with E-state index in [4.69, 9.17) is 10.5 Å². The van der Waals surface area contributed by atoms with Crippen molar-refractivity contribution in [3.8, 4) is 5.88 Å². The summed E-state index contributed by atoms with van der Waals surface area (Å²) in [6.45, 7) is 5.86. The van der Waals surface area contributed by atoms with E-state index >= 15 is 0 Å². The molecule has 0 spiro atoms. The van der Waals surface area contributed by atoms with Gasteiger partial charge in [0.05, 0.1) is 6.10 Å². The van der Waals surface area contributed by atoms with Crippen molar-refractivity contribution in [2.45, 2.75) is 32.9 Å². The minimum atomic E-state index is -0.0394. The number of hydrogen-bond donors (Lipinski definition) is 1. The first-order valence-corrected chi connectivity index (χ1v) is 4.48. The summed E-state index contributed by atoms with van der Waals surface area (Å²) >= 11 is 0. The highest BCUT2D eigenvalue weighted by Gasteiger charge is 2.09. The molecule has 72 valence electrons. The second-order valence-corrected chi connectivity index (χ2v) is 3.35. The van der Waals surface area contributed by atoms with Gasteiger partial charge in [-0.1, -0.05) is 6.07 Å². The van der Waals surface area contributed by atoms with Gasteiger partial charge in [-0.15, -0.1) is 0 Å². The third kappa shape index (κ3) is 2.70. The molecular weight excluding hydrogens is 164 g/mol. The van der Waals surface area contributed by atoms with Crippen molar-refractivity contribution in [3.05, 3.63) is 23.9 Å². The smallest absolute Gasteiger partial charge is 0.218 e. The van der Waals surface area contributed by atoms with Crippen molar-refractivity contribution in [1.82, 2.24) is 4.98 Å². The molecule has 0 fully saturated rings. The summed E-state index contributed by atoms with van der Waals surface area (Å²) in [7, 11) is 0. The highest BCUT2D eigenvalue weighted by atomic mass is 16.5. The van der Waals surface area contributed by atoms with Gasteiger partial charge in [0, 0.05) is 17.8 Å². The summed E-state index contributed by atoms with van der Waals surface area (Å²) in [6.07, 6.45) is 1.84. The van der Waals surface area contributed by atoms with E-state index in [2.05, 4.69) is 4.98 Å². The first-order chi connectivity index (χ1) is 6.11. The molecule has 13 heavy (non-hydrogen) atoms. The van der Waals surface area contributed by atoms with E-state index in [1.54, 1.807) is 6.20 Å². The number of aromatic nitrogens is 1. The molecule has 3 heteroatoms. The molecule has 0 aliphatic heterocycles. The molecule has 0 saturated heterocycles. The highest BCUT2D eigenvalue weighted by molar-refractivity contribution is 5.28. The van der Waals surface area contributed by atoms with Crippen LogP contribution >= 0.6 is 0 Å². The molecule has 0 aliphatic carbocycles. The standard InChI is InChI=1S/C10H16N2O/c1-7(2)13-10-9(8(3)11)5-4-6-12-10/h4-8H,11H2,1-3H3/t8-/m1/s1. The molecule has 0 unspecified atom stereocenters. The van der Waals surface area contributed by atoms with Gasteiger partial charge < -0.3 is 10.5 Å². The molecule has 1 atom stereocenters. The zero-order valence-corrected chi connectivity index (χ0v) is 8.32. The Morgan fingerprint density at radius 1 is 1.38 bits per heavy atom. The molecule has 3 nitrogen and oxygen atoms in total. The number of ether oxygens (including phenoxy) is 1. The lowest BCUT2D eigenvalue weighted by Crippen LogP contribution is -2.13. The molecule has 2 N–H and O–H groups in total. The number of hydrogen-bond acceptors (Lipinski definition) is 3.